The van der Waals surface area contributed by atoms with Crippen LogP contribution in [0.2, 0.25) is 0 Å². The smallest absolute Gasteiger partial charge is 0.0547 e. The molecular weight excluding hydrogens is 248 g/mol. The molecule has 0 aliphatic heterocycles. The van der Waals surface area contributed by atoms with Crippen molar-refractivity contribution in [2.75, 3.05) is 37.3 Å². The predicted octanol–water partition coefficient (Wildman–Crippen LogP) is 3.19. The zero-order valence-corrected chi connectivity index (χ0v) is 12.9. The molecule has 2 N–H and O–H groups in total. The first kappa shape index (κ1) is 15.1. The van der Waals surface area contributed by atoms with Gasteiger partial charge in [-0.05, 0) is 32.4 Å². The summed E-state index contributed by atoms with van der Waals surface area (Å²) >= 11 is 0. The second-order valence-corrected chi connectivity index (χ2v) is 5.73. The molecule has 1 fully saturated rings. The van der Waals surface area contributed by atoms with Crippen LogP contribution >= 0.6 is 0 Å². The summed E-state index contributed by atoms with van der Waals surface area (Å²) < 4.78 is 0. The molecule has 0 saturated heterocycles. The number of hydrogen-bond donors (Lipinski definition) is 2. The van der Waals surface area contributed by atoms with Crippen LogP contribution in [0.1, 0.15) is 39.0 Å². The molecule has 4 heteroatoms. The first-order valence-corrected chi connectivity index (χ1v) is 7.92. The third-order valence-electron chi connectivity index (χ3n) is 4.06. The topological polar surface area (TPSA) is 40.2 Å². The Kier molecular flexibility index (Phi) is 6.12. The maximum absolute atomic E-state index is 4.27. The summed E-state index contributed by atoms with van der Waals surface area (Å²) in [5.41, 5.74) is 2.20. The molecule has 112 valence electrons. The molecule has 1 aliphatic rings. The van der Waals surface area contributed by atoms with E-state index in [-0.39, 0.29) is 0 Å². The SMILES string of the molecule is CCCNc1cncc(NCCN(C)C2CCCC2)c1. The zero-order valence-electron chi connectivity index (χ0n) is 12.9. The van der Waals surface area contributed by atoms with Crippen molar-refractivity contribution in [3.8, 4) is 0 Å². The molecule has 0 unspecified atom stereocenters. The van der Waals surface area contributed by atoms with Gasteiger partial charge in [-0.3, -0.25) is 4.98 Å². The summed E-state index contributed by atoms with van der Waals surface area (Å²) in [6.07, 6.45) is 10.4. The lowest BCUT2D eigenvalue weighted by Gasteiger charge is -2.24. The summed E-state index contributed by atoms with van der Waals surface area (Å²) in [5, 5.41) is 6.84. The van der Waals surface area contributed by atoms with Gasteiger partial charge < -0.3 is 15.5 Å². The minimum absolute atomic E-state index is 0.799. The number of nitrogens with zero attached hydrogens (tertiary/aromatic N) is 2. The van der Waals surface area contributed by atoms with Gasteiger partial charge in [0.2, 0.25) is 0 Å². The Balaban J connectivity index is 1.72. The first-order valence-electron chi connectivity index (χ1n) is 7.92. The van der Waals surface area contributed by atoms with Gasteiger partial charge in [0.1, 0.15) is 0 Å². The van der Waals surface area contributed by atoms with Crippen LogP contribution < -0.4 is 10.6 Å². The van der Waals surface area contributed by atoms with Gasteiger partial charge >= 0.3 is 0 Å². The predicted molar refractivity (Wildman–Crippen MR) is 86.4 cm³/mol. The highest BCUT2D eigenvalue weighted by atomic mass is 15.1. The van der Waals surface area contributed by atoms with Gasteiger partial charge in [0.15, 0.2) is 0 Å². The van der Waals surface area contributed by atoms with E-state index in [0.717, 1.165) is 43.5 Å². The Morgan fingerprint density at radius 2 is 1.80 bits per heavy atom. The van der Waals surface area contributed by atoms with Gasteiger partial charge in [0, 0.05) is 25.7 Å². The number of nitrogens with one attached hydrogen (secondary N) is 2. The quantitative estimate of drug-likeness (QED) is 0.765. The number of pyridine rings is 1. The maximum atomic E-state index is 4.27. The van der Waals surface area contributed by atoms with E-state index in [4.69, 9.17) is 0 Å². The summed E-state index contributed by atoms with van der Waals surface area (Å²) in [6, 6.07) is 2.94. The highest BCUT2D eigenvalue weighted by molar-refractivity contribution is 5.53. The first-order chi connectivity index (χ1) is 9.79. The van der Waals surface area contributed by atoms with Gasteiger partial charge in [0.05, 0.1) is 23.8 Å². The fraction of sp³-hybridized carbons (Fsp3) is 0.688. The molecule has 0 atom stereocenters. The Bertz CT molecular complexity index is 388. The van der Waals surface area contributed by atoms with Crippen molar-refractivity contribution < 1.29 is 0 Å². The lowest BCUT2D eigenvalue weighted by Crippen LogP contribution is -2.33. The van der Waals surface area contributed by atoms with Crippen LogP contribution in [-0.2, 0) is 0 Å². The Morgan fingerprint density at radius 3 is 2.45 bits per heavy atom. The molecular formula is C16H28N4. The average Bonchev–Trinajstić information content (AvgIpc) is 3.00. The Morgan fingerprint density at radius 1 is 1.15 bits per heavy atom. The van der Waals surface area contributed by atoms with Crippen LogP contribution in [0.4, 0.5) is 11.4 Å². The van der Waals surface area contributed by atoms with Crippen molar-refractivity contribution in [3.63, 3.8) is 0 Å². The summed E-state index contributed by atoms with van der Waals surface area (Å²) in [7, 11) is 2.25. The molecule has 1 heterocycles. The van der Waals surface area contributed by atoms with Crippen molar-refractivity contribution in [1.29, 1.82) is 0 Å². The van der Waals surface area contributed by atoms with Crippen molar-refractivity contribution in [3.05, 3.63) is 18.5 Å². The molecule has 0 amide bonds. The zero-order chi connectivity index (χ0) is 14.2. The number of hydrogen-bond acceptors (Lipinski definition) is 4. The molecule has 0 bridgehead atoms. The number of aromatic nitrogens is 1. The molecule has 1 aliphatic carbocycles. The van der Waals surface area contributed by atoms with Crippen molar-refractivity contribution in [2.45, 2.75) is 45.1 Å². The minimum Gasteiger partial charge on any atom is -0.384 e. The largest absolute Gasteiger partial charge is 0.384 e. The van der Waals surface area contributed by atoms with E-state index < -0.39 is 0 Å². The van der Waals surface area contributed by atoms with Crippen LogP contribution in [0.15, 0.2) is 18.5 Å². The third kappa shape index (κ3) is 4.67. The van der Waals surface area contributed by atoms with Crippen LogP contribution in [0.3, 0.4) is 0 Å². The number of rotatable bonds is 8. The number of likely N-dealkylation sites (N-methyl/N-ethyl adjacent to an activating group) is 1. The van der Waals surface area contributed by atoms with Crippen LogP contribution in [0, 0.1) is 0 Å². The standard InChI is InChI=1S/C16H28N4/c1-3-8-18-14-11-15(13-17-12-14)19-9-10-20(2)16-6-4-5-7-16/h11-13,16,18-19H,3-10H2,1-2H3. The Labute approximate surface area is 123 Å². The lowest BCUT2D eigenvalue weighted by molar-refractivity contribution is 0.254. The van der Waals surface area contributed by atoms with E-state index in [1.807, 2.05) is 12.4 Å². The van der Waals surface area contributed by atoms with E-state index in [2.05, 4.69) is 40.6 Å². The van der Waals surface area contributed by atoms with Gasteiger partial charge in [-0.2, -0.15) is 0 Å². The van der Waals surface area contributed by atoms with Gasteiger partial charge in [-0.1, -0.05) is 19.8 Å². The molecule has 2 rings (SSSR count). The van der Waals surface area contributed by atoms with Crippen LogP contribution in [0.25, 0.3) is 0 Å². The monoisotopic (exact) mass is 276 g/mol. The van der Waals surface area contributed by atoms with E-state index in [0.29, 0.717) is 0 Å². The number of anilines is 2. The van der Waals surface area contributed by atoms with Crippen molar-refractivity contribution in [2.24, 2.45) is 0 Å². The van der Waals surface area contributed by atoms with Crippen molar-refractivity contribution >= 4 is 11.4 Å². The van der Waals surface area contributed by atoms with E-state index in [1.165, 1.54) is 25.7 Å². The van der Waals surface area contributed by atoms with Crippen LogP contribution in [0.5, 0.6) is 0 Å². The minimum atomic E-state index is 0.799. The molecule has 0 aromatic carbocycles. The van der Waals surface area contributed by atoms with E-state index in [9.17, 15) is 0 Å². The second kappa shape index (κ2) is 8.10. The Hall–Kier alpha value is -1.29. The molecule has 4 nitrogen and oxygen atoms in total. The highest BCUT2D eigenvalue weighted by Crippen LogP contribution is 2.22. The maximum Gasteiger partial charge on any atom is 0.0547 e. The molecule has 0 spiro atoms. The van der Waals surface area contributed by atoms with Gasteiger partial charge in [-0.25, -0.2) is 0 Å². The third-order valence-corrected chi connectivity index (χ3v) is 4.06. The normalized spacial score (nSPS) is 15.8. The summed E-state index contributed by atoms with van der Waals surface area (Å²) in [4.78, 5) is 6.77. The van der Waals surface area contributed by atoms with E-state index >= 15 is 0 Å². The summed E-state index contributed by atoms with van der Waals surface area (Å²) in [6.45, 7) is 5.24. The highest BCUT2D eigenvalue weighted by Gasteiger charge is 2.18. The van der Waals surface area contributed by atoms with Gasteiger partial charge in [-0.15, -0.1) is 0 Å². The molecule has 0 radical (unpaired) electrons. The molecule has 1 aromatic heterocycles. The molecule has 1 saturated carbocycles. The fourth-order valence-corrected chi connectivity index (χ4v) is 2.81. The van der Waals surface area contributed by atoms with Gasteiger partial charge in [0.25, 0.3) is 0 Å². The van der Waals surface area contributed by atoms with E-state index in [1.54, 1.807) is 0 Å². The van der Waals surface area contributed by atoms with Crippen molar-refractivity contribution in [1.82, 2.24) is 9.88 Å². The molecule has 1 aromatic rings. The fourth-order valence-electron chi connectivity index (χ4n) is 2.81. The van der Waals surface area contributed by atoms with Crippen LogP contribution in [-0.4, -0.2) is 42.6 Å². The molecule has 20 heavy (non-hydrogen) atoms. The summed E-state index contributed by atoms with van der Waals surface area (Å²) in [5.74, 6) is 0. The lowest BCUT2D eigenvalue weighted by atomic mass is 10.2. The average molecular weight is 276 g/mol. The second-order valence-electron chi connectivity index (χ2n) is 5.73.